The third-order valence-corrected chi connectivity index (χ3v) is 5.95. The molecule has 6 nitrogen and oxygen atoms in total. The summed E-state index contributed by atoms with van der Waals surface area (Å²) in [7, 11) is 1.91. The van der Waals surface area contributed by atoms with Gasteiger partial charge in [0, 0.05) is 32.7 Å². The number of para-hydroxylation sites is 2. The van der Waals surface area contributed by atoms with Gasteiger partial charge in [-0.05, 0) is 45.4 Å². The molecule has 0 N–H and O–H groups in total. The number of carbonyl (C=O) groups is 1. The number of likely N-dealkylation sites (N-methyl/N-ethyl adjacent to an activating group) is 1. The van der Waals surface area contributed by atoms with Crippen molar-refractivity contribution in [2.45, 2.75) is 44.4 Å². The molecule has 3 heterocycles. The fourth-order valence-corrected chi connectivity index (χ4v) is 4.22. The lowest BCUT2D eigenvalue weighted by Crippen LogP contribution is -2.52. The first-order chi connectivity index (χ1) is 12.4. The average Bonchev–Trinajstić information content (AvgIpc) is 2.85. The number of benzene rings is 1. The van der Waals surface area contributed by atoms with Crippen LogP contribution < -0.4 is 9.47 Å². The zero-order valence-electron chi connectivity index (χ0n) is 16.0. The average molecular weight is 359 g/mol. The Kier molecular flexibility index (Phi) is 4.47. The van der Waals surface area contributed by atoms with Crippen molar-refractivity contribution in [2.75, 3.05) is 39.8 Å². The molecular formula is C20H29N3O3. The van der Waals surface area contributed by atoms with E-state index < -0.39 is 0 Å². The molecule has 0 aliphatic carbocycles. The van der Waals surface area contributed by atoms with E-state index in [1.165, 1.54) is 0 Å². The summed E-state index contributed by atoms with van der Waals surface area (Å²) < 4.78 is 12.0. The smallest absolute Gasteiger partial charge is 0.320 e. The van der Waals surface area contributed by atoms with Crippen molar-refractivity contribution in [1.29, 1.82) is 0 Å². The Hall–Kier alpha value is -1.95. The Morgan fingerprint density at radius 1 is 1.23 bits per heavy atom. The van der Waals surface area contributed by atoms with Crippen LogP contribution in [-0.2, 0) is 0 Å². The van der Waals surface area contributed by atoms with E-state index in [-0.39, 0.29) is 23.7 Å². The Bertz CT molecular complexity index is 678. The van der Waals surface area contributed by atoms with Crippen molar-refractivity contribution in [3.05, 3.63) is 24.3 Å². The normalized spacial score (nSPS) is 28.5. The minimum Gasteiger partial charge on any atom is -0.486 e. The predicted octanol–water partition coefficient (Wildman–Crippen LogP) is 2.44. The highest BCUT2D eigenvalue weighted by molar-refractivity contribution is 5.78. The maximum atomic E-state index is 12.6. The monoisotopic (exact) mass is 359 g/mol. The van der Waals surface area contributed by atoms with E-state index in [2.05, 4.69) is 23.6 Å². The number of ether oxygens (including phenoxy) is 2. The van der Waals surface area contributed by atoms with E-state index in [0.717, 1.165) is 50.5 Å². The number of fused-ring (bicyclic) bond motifs is 1. The van der Waals surface area contributed by atoms with Gasteiger partial charge in [0.1, 0.15) is 12.7 Å². The highest BCUT2D eigenvalue weighted by Gasteiger charge is 2.44. The van der Waals surface area contributed by atoms with E-state index in [0.29, 0.717) is 6.61 Å². The van der Waals surface area contributed by atoms with Crippen LogP contribution in [-0.4, -0.2) is 78.2 Å². The molecule has 3 aliphatic heterocycles. The molecule has 3 aliphatic rings. The van der Waals surface area contributed by atoms with E-state index in [1.54, 1.807) is 0 Å². The number of piperidine rings is 1. The number of likely N-dealkylation sites (tertiary alicyclic amines) is 1. The first-order valence-corrected chi connectivity index (χ1v) is 9.59. The number of hydrogen-bond donors (Lipinski definition) is 0. The quantitative estimate of drug-likeness (QED) is 0.832. The summed E-state index contributed by atoms with van der Waals surface area (Å²) >= 11 is 0. The van der Waals surface area contributed by atoms with Gasteiger partial charge in [-0.1, -0.05) is 12.1 Å². The van der Waals surface area contributed by atoms with Crippen LogP contribution in [0, 0.1) is 0 Å². The van der Waals surface area contributed by atoms with Gasteiger partial charge in [-0.2, -0.15) is 0 Å². The van der Waals surface area contributed by atoms with Gasteiger partial charge in [-0.25, -0.2) is 4.79 Å². The van der Waals surface area contributed by atoms with Crippen LogP contribution in [0.3, 0.4) is 0 Å². The zero-order valence-corrected chi connectivity index (χ0v) is 16.0. The standard InChI is InChI=1S/C20H29N3O3/c1-20(2)14-23(19(24)21(20)3)15-7-6-10-22(11-15)12-16-13-25-17-8-4-5-9-18(17)26-16/h4-5,8-9,15-16H,6-7,10-14H2,1-3H3/t15-,16-/m0/s1. The fraction of sp³-hybridized carbons (Fsp3) is 0.650. The van der Waals surface area contributed by atoms with Crippen LogP contribution in [0.25, 0.3) is 0 Å². The second kappa shape index (κ2) is 6.65. The van der Waals surface area contributed by atoms with Gasteiger partial charge in [-0.3, -0.25) is 4.90 Å². The lowest BCUT2D eigenvalue weighted by molar-refractivity contribution is 0.0397. The number of nitrogens with zero attached hydrogens (tertiary/aromatic N) is 3. The van der Waals surface area contributed by atoms with E-state index in [9.17, 15) is 4.79 Å². The Morgan fingerprint density at radius 3 is 2.73 bits per heavy atom. The maximum Gasteiger partial charge on any atom is 0.320 e. The van der Waals surface area contributed by atoms with Crippen LogP contribution in [0.1, 0.15) is 26.7 Å². The molecular weight excluding hydrogens is 330 g/mol. The Morgan fingerprint density at radius 2 is 2.00 bits per heavy atom. The highest BCUT2D eigenvalue weighted by atomic mass is 16.6. The first-order valence-electron chi connectivity index (χ1n) is 9.59. The molecule has 2 atom stereocenters. The molecule has 0 bridgehead atoms. The van der Waals surface area contributed by atoms with Gasteiger partial charge < -0.3 is 19.3 Å². The predicted molar refractivity (Wildman–Crippen MR) is 99.8 cm³/mol. The summed E-state index contributed by atoms with van der Waals surface area (Å²) in [5.41, 5.74) is -0.0939. The Labute approximate surface area is 155 Å². The topological polar surface area (TPSA) is 45.3 Å². The van der Waals surface area contributed by atoms with Crippen molar-refractivity contribution < 1.29 is 14.3 Å². The van der Waals surface area contributed by atoms with Gasteiger partial charge in [0.2, 0.25) is 0 Å². The molecule has 0 spiro atoms. The molecule has 0 radical (unpaired) electrons. The van der Waals surface area contributed by atoms with Crippen LogP contribution in [0.4, 0.5) is 4.79 Å². The molecule has 0 saturated carbocycles. The lowest BCUT2D eigenvalue weighted by atomic mass is 10.0. The van der Waals surface area contributed by atoms with Crippen LogP contribution in [0.2, 0.25) is 0 Å². The van der Waals surface area contributed by atoms with Crippen molar-refractivity contribution in [3.8, 4) is 11.5 Å². The maximum absolute atomic E-state index is 12.6. The van der Waals surface area contributed by atoms with E-state index >= 15 is 0 Å². The molecule has 6 heteroatoms. The minimum absolute atomic E-state index is 0.0389. The fourth-order valence-electron chi connectivity index (χ4n) is 4.22. The molecule has 1 aromatic carbocycles. The number of carbonyl (C=O) groups excluding carboxylic acids is 1. The number of rotatable bonds is 3. The first kappa shape index (κ1) is 17.5. The second-order valence-corrected chi connectivity index (χ2v) is 8.34. The zero-order chi connectivity index (χ0) is 18.3. The highest BCUT2D eigenvalue weighted by Crippen LogP contribution is 2.32. The van der Waals surface area contributed by atoms with Crippen molar-refractivity contribution in [2.24, 2.45) is 0 Å². The van der Waals surface area contributed by atoms with E-state index in [1.807, 2.05) is 36.2 Å². The van der Waals surface area contributed by atoms with Crippen LogP contribution in [0.5, 0.6) is 11.5 Å². The van der Waals surface area contributed by atoms with Gasteiger partial charge in [-0.15, -0.1) is 0 Å². The van der Waals surface area contributed by atoms with Gasteiger partial charge in [0.05, 0.1) is 5.54 Å². The summed E-state index contributed by atoms with van der Waals surface area (Å²) in [4.78, 5) is 19.0. The number of amides is 2. The summed E-state index contributed by atoms with van der Waals surface area (Å²) in [6.07, 6.45) is 2.23. The molecule has 1 aromatic rings. The molecule has 0 unspecified atom stereocenters. The summed E-state index contributed by atoms with van der Waals surface area (Å²) in [6.45, 7) is 8.46. The van der Waals surface area contributed by atoms with Crippen molar-refractivity contribution in [1.82, 2.24) is 14.7 Å². The molecule has 142 valence electrons. The van der Waals surface area contributed by atoms with Crippen LogP contribution in [0.15, 0.2) is 24.3 Å². The van der Waals surface area contributed by atoms with Crippen molar-refractivity contribution in [3.63, 3.8) is 0 Å². The third-order valence-electron chi connectivity index (χ3n) is 5.95. The third kappa shape index (κ3) is 3.22. The molecule has 26 heavy (non-hydrogen) atoms. The van der Waals surface area contributed by atoms with Crippen molar-refractivity contribution >= 4 is 6.03 Å². The van der Waals surface area contributed by atoms with Crippen LogP contribution >= 0.6 is 0 Å². The molecule has 0 aromatic heterocycles. The minimum atomic E-state index is -0.0939. The molecule has 2 amide bonds. The van der Waals surface area contributed by atoms with Gasteiger partial charge >= 0.3 is 6.03 Å². The summed E-state index contributed by atoms with van der Waals surface area (Å²) in [6, 6.07) is 8.29. The Balaban J connectivity index is 1.37. The summed E-state index contributed by atoms with van der Waals surface area (Å²) in [5.74, 6) is 1.66. The number of urea groups is 1. The molecule has 4 rings (SSSR count). The SMILES string of the molecule is CN1C(=O)N([C@H]2CCCN(C[C@H]3COc4ccccc4O3)C2)CC1(C)C. The largest absolute Gasteiger partial charge is 0.486 e. The summed E-state index contributed by atoms with van der Waals surface area (Å²) in [5, 5.41) is 0. The van der Waals surface area contributed by atoms with Gasteiger partial charge in [0.25, 0.3) is 0 Å². The molecule has 2 fully saturated rings. The van der Waals surface area contributed by atoms with Gasteiger partial charge in [0.15, 0.2) is 11.5 Å². The number of hydrogen-bond acceptors (Lipinski definition) is 4. The van der Waals surface area contributed by atoms with E-state index in [4.69, 9.17) is 9.47 Å². The second-order valence-electron chi connectivity index (χ2n) is 8.34. The molecule has 2 saturated heterocycles. The lowest BCUT2D eigenvalue weighted by Gasteiger charge is -2.39.